The third-order valence-corrected chi connectivity index (χ3v) is 4.98. The maximum Gasteiger partial charge on any atom is 0.194 e. The third-order valence-electron chi connectivity index (χ3n) is 4.98. The van der Waals surface area contributed by atoms with Crippen LogP contribution in [0.1, 0.15) is 42.5 Å². The molecule has 0 spiro atoms. The fourth-order valence-electron chi connectivity index (χ4n) is 2.95. The summed E-state index contributed by atoms with van der Waals surface area (Å²) in [5.41, 5.74) is 2.30. The number of hydrogen-bond donors (Lipinski definition) is 1. The summed E-state index contributed by atoms with van der Waals surface area (Å²) in [5, 5.41) is 11.8. The Balaban J connectivity index is 2.21. The average molecular weight is 403 g/mol. The predicted octanol–water partition coefficient (Wildman–Crippen LogP) is 2.83. The zero-order chi connectivity index (χ0) is 21.4. The first-order chi connectivity index (χ1) is 13.9. The lowest BCUT2D eigenvalue weighted by Gasteiger charge is -2.24. The van der Waals surface area contributed by atoms with Crippen molar-refractivity contribution in [3.05, 3.63) is 34.9 Å². The largest absolute Gasteiger partial charge is 0.493 e. The molecule has 0 radical (unpaired) electrons. The Labute approximate surface area is 173 Å². The average Bonchev–Trinajstić information content (AvgIpc) is 3.03. The van der Waals surface area contributed by atoms with Gasteiger partial charge < -0.3 is 24.3 Å². The minimum Gasteiger partial charge on any atom is -0.493 e. The lowest BCUT2D eigenvalue weighted by atomic mass is 10.1. The summed E-state index contributed by atoms with van der Waals surface area (Å²) in [5.74, 6) is 4.03. The smallest absolute Gasteiger partial charge is 0.194 e. The Morgan fingerprint density at radius 2 is 1.86 bits per heavy atom. The van der Waals surface area contributed by atoms with Crippen LogP contribution < -0.4 is 14.8 Å². The number of nitrogens with one attached hydrogen (secondary N) is 1. The monoisotopic (exact) mass is 402 g/mol. The fraction of sp³-hybridized carbons (Fsp3) is 0.571. The Hall–Kier alpha value is -2.77. The van der Waals surface area contributed by atoms with E-state index in [0.717, 1.165) is 59.6 Å². The van der Waals surface area contributed by atoms with Crippen LogP contribution in [0.15, 0.2) is 17.1 Å². The van der Waals surface area contributed by atoms with Crippen LogP contribution in [0.25, 0.3) is 0 Å². The van der Waals surface area contributed by atoms with E-state index in [2.05, 4.69) is 34.3 Å². The number of aliphatic imine (C=N–C) groups is 1. The highest BCUT2D eigenvalue weighted by Crippen LogP contribution is 2.30. The molecule has 29 heavy (non-hydrogen) atoms. The number of aryl methyl sites for hydroxylation is 2. The van der Waals surface area contributed by atoms with E-state index in [0.29, 0.717) is 13.1 Å². The summed E-state index contributed by atoms with van der Waals surface area (Å²) in [4.78, 5) is 6.91. The zero-order valence-corrected chi connectivity index (χ0v) is 18.7. The van der Waals surface area contributed by atoms with Gasteiger partial charge in [-0.2, -0.15) is 0 Å². The number of ether oxygens (including phenoxy) is 2. The lowest BCUT2D eigenvalue weighted by Crippen LogP contribution is -2.39. The van der Waals surface area contributed by atoms with E-state index < -0.39 is 0 Å². The molecule has 2 rings (SSSR count). The van der Waals surface area contributed by atoms with Gasteiger partial charge in [0.2, 0.25) is 0 Å². The second kappa shape index (κ2) is 10.7. The molecular weight excluding hydrogens is 368 g/mol. The molecule has 8 heteroatoms. The van der Waals surface area contributed by atoms with E-state index in [1.165, 1.54) is 0 Å². The molecule has 0 fully saturated rings. The van der Waals surface area contributed by atoms with Crippen LogP contribution in [0.5, 0.6) is 11.5 Å². The van der Waals surface area contributed by atoms with Crippen LogP contribution in [-0.2, 0) is 20.1 Å². The second-order valence-corrected chi connectivity index (χ2v) is 7.13. The molecule has 0 saturated heterocycles. The van der Waals surface area contributed by atoms with Crippen molar-refractivity contribution in [1.29, 1.82) is 0 Å². The van der Waals surface area contributed by atoms with Crippen molar-refractivity contribution < 1.29 is 9.47 Å². The SMILES string of the molecule is CCCCNC(=NCc1nnc(C)n1C)N(C)Cc1cc(OC)c(OC)cc1C. The Kier molecular flexibility index (Phi) is 8.30. The van der Waals surface area contributed by atoms with Crippen LogP contribution in [-0.4, -0.2) is 53.4 Å². The summed E-state index contributed by atoms with van der Waals surface area (Å²) in [7, 11) is 7.30. The van der Waals surface area contributed by atoms with Gasteiger partial charge in [0.05, 0.1) is 14.2 Å². The van der Waals surface area contributed by atoms with Crippen molar-refractivity contribution in [3.63, 3.8) is 0 Å². The number of benzene rings is 1. The molecule has 1 aromatic carbocycles. The minimum atomic E-state index is 0.473. The van der Waals surface area contributed by atoms with Crippen LogP contribution in [0, 0.1) is 13.8 Å². The van der Waals surface area contributed by atoms with Gasteiger partial charge in [0, 0.05) is 27.2 Å². The molecule has 0 aliphatic carbocycles. The van der Waals surface area contributed by atoms with Gasteiger partial charge in [-0.05, 0) is 43.5 Å². The third kappa shape index (κ3) is 5.85. The van der Waals surface area contributed by atoms with E-state index in [1.807, 2.05) is 37.7 Å². The molecule has 0 amide bonds. The maximum absolute atomic E-state index is 5.47. The van der Waals surface area contributed by atoms with Crippen molar-refractivity contribution >= 4 is 5.96 Å². The van der Waals surface area contributed by atoms with Gasteiger partial charge in [-0.3, -0.25) is 0 Å². The Morgan fingerprint density at radius 1 is 1.17 bits per heavy atom. The molecule has 2 aromatic rings. The van der Waals surface area contributed by atoms with E-state index in [4.69, 9.17) is 14.5 Å². The van der Waals surface area contributed by atoms with E-state index >= 15 is 0 Å². The number of methoxy groups -OCH3 is 2. The van der Waals surface area contributed by atoms with Crippen molar-refractivity contribution in [3.8, 4) is 11.5 Å². The molecule has 8 nitrogen and oxygen atoms in total. The number of hydrogen-bond acceptors (Lipinski definition) is 5. The molecule has 0 atom stereocenters. The van der Waals surface area contributed by atoms with Crippen LogP contribution >= 0.6 is 0 Å². The van der Waals surface area contributed by atoms with Gasteiger partial charge in [0.1, 0.15) is 12.4 Å². The lowest BCUT2D eigenvalue weighted by molar-refractivity contribution is 0.353. The molecule has 0 aliphatic rings. The van der Waals surface area contributed by atoms with Crippen molar-refractivity contribution in [2.75, 3.05) is 27.8 Å². The van der Waals surface area contributed by atoms with Gasteiger partial charge >= 0.3 is 0 Å². The minimum absolute atomic E-state index is 0.473. The Bertz CT molecular complexity index is 831. The van der Waals surface area contributed by atoms with Crippen molar-refractivity contribution in [1.82, 2.24) is 25.0 Å². The Morgan fingerprint density at radius 3 is 2.45 bits per heavy atom. The molecule has 0 unspecified atom stereocenters. The van der Waals surface area contributed by atoms with Gasteiger partial charge in [0.15, 0.2) is 23.3 Å². The second-order valence-electron chi connectivity index (χ2n) is 7.13. The zero-order valence-electron chi connectivity index (χ0n) is 18.7. The fourth-order valence-corrected chi connectivity index (χ4v) is 2.95. The number of guanidine groups is 1. The molecule has 0 saturated carbocycles. The van der Waals surface area contributed by atoms with Crippen LogP contribution in [0.2, 0.25) is 0 Å². The van der Waals surface area contributed by atoms with Crippen LogP contribution in [0.4, 0.5) is 0 Å². The van der Waals surface area contributed by atoms with E-state index in [1.54, 1.807) is 14.2 Å². The summed E-state index contributed by atoms with van der Waals surface area (Å²) in [6.07, 6.45) is 2.21. The highest BCUT2D eigenvalue weighted by molar-refractivity contribution is 5.79. The first kappa shape index (κ1) is 22.5. The number of rotatable bonds is 9. The summed E-state index contributed by atoms with van der Waals surface area (Å²) >= 11 is 0. The first-order valence-electron chi connectivity index (χ1n) is 9.97. The summed E-state index contributed by atoms with van der Waals surface area (Å²) < 4.78 is 12.8. The van der Waals surface area contributed by atoms with E-state index in [9.17, 15) is 0 Å². The molecule has 0 bridgehead atoms. The van der Waals surface area contributed by atoms with Crippen molar-refractivity contribution in [2.24, 2.45) is 12.0 Å². The van der Waals surface area contributed by atoms with Gasteiger partial charge in [-0.15, -0.1) is 10.2 Å². The summed E-state index contributed by atoms with van der Waals surface area (Å²) in [6.45, 7) is 8.24. The molecule has 0 aliphatic heterocycles. The topological polar surface area (TPSA) is 76.8 Å². The molecule has 1 heterocycles. The normalized spacial score (nSPS) is 11.5. The molecular formula is C21H34N6O2. The quantitative estimate of drug-likeness (QED) is 0.395. The predicted molar refractivity (Wildman–Crippen MR) is 116 cm³/mol. The number of nitrogens with zero attached hydrogens (tertiary/aromatic N) is 5. The summed E-state index contributed by atoms with van der Waals surface area (Å²) in [6, 6.07) is 4.03. The van der Waals surface area contributed by atoms with Gasteiger partial charge in [-0.25, -0.2) is 4.99 Å². The standard InChI is InChI=1S/C21H34N6O2/c1-8-9-10-22-21(23-13-20-25-24-16(3)27(20)5)26(4)14-17-12-19(29-7)18(28-6)11-15(17)2/h11-12H,8-10,13-14H2,1-7H3,(H,22,23). The highest BCUT2D eigenvalue weighted by Gasteiger charge is 2.13. The van der Waals surface area contributed by atoms with Crippen LogP contribution in [0.3, 0.4) is 0 Å². The van der Waals surface area contributed by atoms with E-state index in [-0.39, 0.29) is 0 Å². The highest BCUT2D eigenvalue weighted by atomic mass is 16.5. The molecule has 1 aromatic heterocycles. The van der Waals surface area contributed by atoms with Crippen molar-refractivity contribution in [2.45, 2.75) is 46.7 Å². The molecule has 1 N–H and O–H groups in total. The first-order valence-corrected chi connectivity index (χ1v) is 9.97. The number of unbranched alkanes of at least 4 members (excludes halogenated alkanes) is 1. The maximum atomic E-state index is 5.47. The molecule has 160 valence electrons. The van der Waals surface area contributed by atoms with Gasteiger partial charge in [0.25, 0.3) is 0 Å². The number of aromatic nitrogens is 3. The van der Waals surface area contributed by atoms with Gasteiger partial charge in [-0.1, -0.05) is 13.3 Å².